The van der Waals surface area contributed by atoms with Gasteiger partial charge in [0.25, 0.3) is 0 Å². The highest BCUT2D eigenvalue weighted by atomic mass is 15.0. The molecule has 1 heterocycles. The summed E-state index contributed by atoms with van der Waals surface area (Å²) in [5, 5.41) is 3.50. The standard InChI is InChI=1S/C15H25N3/c1-3-8-14-17-13-10-7-5-6-9-12(13)15(18-14)16-11-4-2/h3-11H2,1-2H3,(H,16,17,18). The SMILES string of the molecule is CCCNc1nc(CCC)nc2c1CCCCC2. The average molecular weight is 247 g/mol. The number of hydrogen-bond acceptors (Lipinski definition) is 3. The second-order valence-electron chi connectivity index (χ2n) is 5.15. The van der Waals surface area contributed by atoms with Gasteiger partial charge in [-0.3, -0.25) is 0 Å². The number of nitrogens with zero attached hydrogens (tertiary/aromatic N) is 2. The summed E-state index contributed by atoms with van der Waals surface area (Å²) in [6.45, 7) is 5.39. The van der Waals surface area contributed by atoms with E-state index in [2.05, 4.69) is 19.2 Å². The van der Waals surface area contributed by atoms with Crippen LogP contribution in [0.1, 0.15) is 63.0 Å². The molecule has 0 amide bonds. The highest BCUT2D eigenvalue weighted by Crippen LogP contribution is 2.25. The molecule has 3 heteroatoms. The summed E-state index contributed by atoms with van der Waals surface area (Å²) in [5.41, 5.74) is 2.70. The molecule has 0 fully saturated rings. The molecule has 18 heavy (non-hydrogen) atoms. The Labute approximate surface area is 110 Å². The number of rotatable bonds is 5. The van der Waals surface area contributed by atoms with Crippen LogP contribution in [0.2, 0.25) is 0 Å². The maximum atomic E-state index is 4.78. The fraction of sp³-hybridized carbons (Fsp3) is 0.733. The molecule has 0 atom stereocenters. The fourth-order valence-corrected chi connectivity index (χ4v) is 2.55. The zero-order valence-electron chi connectivity index (χ0n) is 11.8. The number of aromatic nitrogens is 2. The van der Waals surface area contributed by atoms with Crippen LogP contribution in [0.15, 0.2) is 0 Å². The maximum Gasteiger partial charge on any atom is 0.133 e. The third kappa shape index (κ3) is 3.21. The van der Waals surface area contributed by atoms with Crippen LogP contribution in [0.5, 0.6) is 0 Å². The quantitative estimate of drug-likeness (QED) is 0.809. The topological polar surface area (TPSA) is 37.8 Å². The van der Waals surface area contributed by atoms with Crippen molar-refractivity contribution in [2.24, 2.45) is 0 Å². The van der Waals surface area contributed by atoms with Crippen LogP contribution in [0, 0.1) is 0 Å². The minimum atomic E-state index is 0.994. The second-order valence-corrected chi connectivity index (χ2v) is 5.15. The summed E-state index contributed by atoms with van der Waals surface area (Å²) in [6, 6.07) is 0. The molecule has 0 bridgehead atoms. The first-order valence-corrected chi connectivity index (χ1v) is 7.47. The Balaban J connectivity index is 2.30. The van der Waals surface area contributed by atoms with Gasteiger partial charge in [-0.15, -0.1) is 0 Å². The van der Waals surface area contributed by atoms with Crippen molar-refractivity contribution in [3.05, 3.63) is 17.1 Å². The van der Waals surface area contributed by atoms with Gasteiger partial charge in [0.1, 0.15) is 11.6 Å². The highest BCUT2D eigenvalue weighted by Gasteiger charge is 2.16. The first kappa shape index (κ1) is 13.3. The molecule has 0 spiro atoms. The molecule has 2 rings (SSSR count). The van der Waals surface area contributed by atoms with Crippen LogP contribution in [0.25, 0.3) is 0 Å². The number of aryl methyl sites for hydroxylation is 2. The van der Waals surface area contributed by atoms with E-state index >= 15 is 0 Å². The summed E-state index contributed by atoms with van der Waals surface area (Å²) in [7, 11) is 0. The monoisotopic (exact) mass is 247 g/mol. The Kier molecular flexibility index (Phi) is 4.97. The van der Waals surface area contributed by atoms with Crippen molar-refractivity contribution >= 4 is 5.82 Å². The van der Waals surface area contributed by atoms with E-state index in [0.29, 0.717) is 0 Å². The smallest absolute Gasteiger partial charge is 0.133 e. The van der Waals surface area contributed by atoms with Crippen molar-refractivity contribution in [2.45, 2.75) is 65.2 Å². The highest BCUT2D eigenvalue weighted by molar-refractivity contribution is 5.47. The second kappa shape index (κ2) is 6.72. The van der Waals surface area contributed by atoms with Gasteiger partial charge < -0.3 is 5.32 Å². The molecule has 3 nitrogen and oxygen atoms in total. The van der Waals surface area contributed by atoms with E-state index < -0.39 is 0 Å². The molecule has 0 aliphatic heterocycles. The van der Waals surface area contributed by atoms with Crippen LogP contribution >= 0.6 is 0 Å². The molecule has 0 radical (unpaired) electrons. The molecule has 1 aliphatic carbocycles. The van der Waals surface area contributed by atoms with E-state index in [1.54, 1.807) is 0 Å². The van der Waals surface area contributed by atoms with Crippen molar-refractivity contribution in [1.29, 1.82) is 0 Å². The summed E-state index contributed by atoms with van der Waals surface area (Å²) in [5.74, 6) is 2.14. The lowest BCUT2D eigenvalue weighted by Gasteiger charge is -2.14. The van der Waals surface area contributed by atoms with Crippen LogP contribution < -0.4 is 5.32 Å². The van der Waals surface area contributed by atoms with Crippen molar-refractivity contribution in [2.75, 3.05) is 11.9 Å². The van der Waals surface area contributed by atoms with E-state index in [1.807, 2.05) is 0 Å². The molecule has 1 aliphatic rings. The predicted octanol–water partition coefficient (Wildman–Crippen LogP) is 3.52. The summed E-state index contributed by atoms with van der Waals surface area (Å²) in [4.78, 5) is 9.51. The number of anilines is 1. The predicted molar refractivity (Wildman–Crippen MR) is 76.1 cm³/mol. The Morgan fingerprint density at radius 2 is 1.83 bits per heavy atom. The average Bonchev–Trinajstić information content (AvgIpc) is 2.61. The van der Waals surface area contributed by atoms with E-state index in [4.69, 9.17) is 9.97 Å². The van der Waals surface area contributed by atoms with Gasteiger partial charge >= 0.3 is 0 Å². The molecule has 0 aromatic carbocycles. The zero-order chi connectivity index (χ0) is 12.8. The molecule has 0 saturated heterocycles. The fourth-order valence-electron chi connectivity index (χ4n) is 2.55. The molecule has 1 aromatic rings. The van der Waals surface area contributed by atoms with E-state index in [1.165, 1.54) is 30.5 Å². The van der Waals surface area contributed by atoms with Gasteiger partial charge in [0.15, 0.2) is 0 Å². The molecule has 1 N–H and O–H groups in total. The lowest BCUT2D eigenvalue weighted by atomic mass is 10.1. The molecule has 100 valence electrons. The summed E-state index contributed by atoms with van der Waals surface area (Å²) >= 11 is 0. The van der Waals surface area contributed by atoms with E-state index in [9.17, 15) is 0 Å². The van der Waals surface area contributed by atoms with Crippen molar-refractivity contribution in [1.82, 2.24) is 9.97 Å². The van der Waals surface area contributed by atoms with Gasteiger partial charge in [0.2, 0.25) is 0 Å². The zero-order valence-corrected chi connectivity index (χ0v) is 11.8. The Morgan fingerprint density at radius 1 is 1.00 bits per heavy atom. The normalized spacial score (nSPS) is 15.0. The van der Waals surface area contributed by atoms with Gasteiger partial charge in [0.05, 0.1) is 0 Å². The molecule has 0 unspecified atom stereocenters. The molecular weight excluding hydrogens is 222 g/mol. The van der Waals surface area contributed by atoms with Gasteiger partial charge in [-0.2, -0.15) is 0 Å². The third-order valence-electron chi connectivity index (χ3n) is 3.50. The minimum absolute atomic E-state index is 0.994. The number of nitrogens with one attached hydrogen (secondary N) is 1. The summed E-state index contributed by atoms with van der Waals surface area (Å²) < 4.78 is 0. The first-order valence-electron chi connectivity index (χ1n) is 7.47. The Morgan fingerprint density at radius 3 is 2.61 bits per heavy atom. The van der Waals surface area contributed by atoms with Gasteiger partial charge in [-0.1, -0.05) is 20.3 Å². The van der Waals surface area contributed by atoms with Crippen LogP contribution in [0.3, 0.4) is 0 Å². The minimum Gasteiger partial charge on any atom is -0.370 e. The van der Waals surface area contributed by atoms with Gasteiger partial charge in [-0.25, -0.2) is 9.97 Å². The molecular formula is C15H25N3. The maximum absolute atomic E-state index is 4.78. The van der Waals surface area contributed by atoms with Crippen molar-refractivity contribution in [3.8, 4) is 0 Å². The summed E-state index contributed by atoms with van der Waals surface area (Å²) in [6.07, 6.45) is 9.42. The third-order valence-corrected chi connectivity index (χ3v) is 3.50. The van der Waals surface area contributed by atoms with Crippen LogP contribution in [-0.2, 0) is 19.3 Å². The molecule has 0 saturated carbocycles. The van der Waals surface area contributed by atoms with E-state index in [0.717, 1.165) is 50.3 Å². The van der Waals surface area contributed by atoms with E-state index in [-0.39, 0.29) is 0 Å². The first-order chi connectivity index (χ1) is 8.85. The van der Waals surface area contributed by atoms with Crippen LogP contribution in [-0.4, -0.2) is 16.5 Å². The number of fused-ring (bicyclic) bond motifs is 1. The van der Waals surface area contributed by atoms with Crippen molar-refractivity contribution < 1.29 is 0 Å². The van der Waals surface area contributed by atoms with Crippen LogP contribution in [0.4, 0.5) is 5.82 Å². The molecule has 1 aromatic heterocycles. The lowest BCUT2D eigenvalue weighted by molar-refractivity contribution is 0.707. The van der Waals surface area contributed by atoms with Gasteiger partial charge in [0, 0.05) is 24.2 Å². The lowest BCUT2D eigenvalue weighted by Crippen LogP contribution is -2.11. The Bertz CT molecular complexity index is 388. The number of hydrogen-bond donors (Lipinski definition) is 1. The Hall–Kier alpha value is -1.12. The largest absolute Gasteiger partial charge is 0.370 e. The van der Waals surface area contributed by atoms with Gasteiger partial charge in [-0.05, 0) is 38.5 Å². The van der Waals surface area contributed by atoms with Crippen molar-refractivity contribution in [3.63, 3.8) is 0 Å².